The lowest BCUT2D eigenvalue weighted by Gasteiger charge is -2.22. The summed E-state index contributed by atoms with van der Waals surface area (Å²) in [7, 11) is 0. The summed E-state index contributed by atoms with van der Waals surface area (Å²) in [6.45, 7) is 0.673. The number of amides is 3. The van der Waals surface area contributed by atoms with E-state index in [2.05, 4.69) is 16.0 Å². The van der Waals surface area contributed by atoms with Crippen LogP contribution in [-0.4, -0.2) is 69.7 Å². The van der Waals surface area contributed by atoms with E-state index < -0.39 is 60.8 Å². The molecule has 170 valence electrons. The third-order valence-electron chi connectivity index (χ3n) is 4.17. The zero-order chi connectivity index (χ0) is 23.6. The van der Waals surface area contributed by atoms with E-state index in [0.717, 1.165) is 0 Å². The van der Waals surface area contributed by atoms with E-state index >= 15 is 0 Å². The lowest BCUT2D eigenvalue weighted by Crippen LogP contribution is -2.55. The van der Waals surface area contributed by atoms with E-state index in [4.69, 9.17) is 15.9 Å². The van der Waals surface area contributed by atoms with E-state index in [1.165, 1.54) is 19.1 Å². The van der Waals surface area contributed by atoms with Crippen LogP contribution in [0.25, 0.3) is 0 Å². The number of carbonyl (C=O) groups excluding carboxylic acids is 3. The number of nitrogens with one attached hydrogen (secondary N) is 3. The zero-order valence-corrected chi connectivity index (χ0v) is 16.8. The highest BCUT2D eigenvalue weighted by Gasteiger charge is 2.27. The van der Waals surface area contributed by atoms with Gasteiger partial charge in [0.2, 0.25) is 17.7 Å². The van der Waals surface area contributed by atoms with E-state index in [0.29, 0.717) is 5.56 Å². The van der Waals surface area contributed by atoms with Crippen molar-refractivity contribution in [3.63, 3.8) is 0 Å². The second-order valence-electron chi connectivity index (χ2n) is 6.81. The highest BCUT2D eigenvalue weighted by atomic mass is 16.4. The zero-order valence-electron chi connectivity index (χ0n) is 16.8. The maximum absolute atomic E-state index is 12.5. The van der Waals surface area contributed by atoms with Crippen LogP contribution in [0.1, 0.15) is 25.3 Å². The third-order valence-corrected chi connectivity index (χ3v) is 4.17. The summed E-state index contributed by atoms with van der Waals surface area (Å²) in [6, 6.07) is 2.56. The monoisotopic (exact) mass is 438 g/mol. The number of hydrogen-bond acceptors (Lipinski definition) is 7. The lowest BCUT2D eigenvalue weighted by atomic mass is 10.0. The minimum Gasteiger partial charge on any atom is -0.508 e. The molecular weight excluding hydrogens is 412 g/mol. The van der Waals surface area contributed by atoms with Crippen molar-refractivity contribution in [1.82, 2.24) is 16.0 Å². The molecule has 0 bridgehead atoms. The smallest absolute Gasteiger partial charge is 0.322 e. The minimum atomic E-state index is -1.27. The fourth-order valence-corrected chi connectivity index (χ4v) is 2.49. The number of benzene rings is 1. The summed E-state index contributed by atoms with van der Waals surface area (Å²) in [4.78, 5) is 58.1. The first-order valence-corrected chi connectivity index (χ1v) is 9.35. The number of carboxylic acids is 2. The van der Waals surface area contributed by atoms with Crippen molar-refractivity contribution in [2.45, 2.75) is 44.3 Å². The molecule has 0 heterocycles. The summed E-state index contributed by atoms with van der Waals surface area (Å²) in [5.41, 5.74) is 6.53. The summed E-state index contributed by atoms with van der Waals surface area (Å²) in [5, 5.41) is 33.5. The molecular formula is C19H26N4O8. The maximum atomic E-state index is 12.5. The molecule has 1 rings (SSSR count). The molecule has 0 fully saturated rings. The highest BCUT2D eigenvalue weighted by Crippen LogP contribution is 2.11. The molecule has 0 aliphatic heterocycles. The van der Waals surface area contributed by atoms with E-state index in [1.54, 1.807) is 12.1 Å². The molecule has 12 heteroatoms. The number of rotatable bonds is 12. The molecule has 1 aromatic rings. The van der Waals surface area contributed by atoms with E-state index in [9.17, 15) is 29.1 Å². The Hall–Kier alpha value is -3.67. The fraction of sp³-hybridized carbons (Fsp3) is 0.421. The van der Waals surface area contributed by atoms with Crippen molar-refractivity contribution in [3.05, 3.63) is 29.8 Å². The molecule has 0 radical (unpaired) electrons. The molecule has 8 N–H and O–H groups in total. The Bertz CT molecular complexity index is 812. The minimum absolute atomic E-state index is 0.0497. The van der Waals surface area contributed by atoms with Gasteiger partial charge in [0.1, 0.15) is 24.4 Å². The van der Waals surface area contributed by atoms with Crippen LogP contribution in [0.15, 0.2) is 24.3 Å². The predicted octanol–water partition coefficient (Wildman–Crippen LogP) is -1.68. The first-order chi connectivity index (χ1) is 14.5. The molecule has 3 amide bonds. The van der Waals surface area contributed by atoms with Crippen molar-refractivity contribution in [2.24, 2.45) is 5.73 Å². The van der Waals surface area contributed by atoms with Crippen LogP contribution in [0.3, 0.4) is 0 Å². The molecule has 0 aliphatic carbocycles. The van der Waals surface area contributed by atoms with Gasteiger partial charge in [-0.3, -0.25) is 24.0 Å². The van der Waals surface area contributed by atoms with Gasteiger partial charge < -0.3 is 37.0 Å². The Labute approximate surface area is 177 Å². The van der Waals surface area contributed by atoms with Gasteiger partial charge in [0, 0.05) is 6.42 Å². The van der Waals surface area contributed by atoms with Crippen LogP contribution < -0.4 is 21.7 Å². The Morgan fingerprint density at radius 1 is 0.935 bits per heavy atom. The standard InChI is InChI=1S/C19H26N4O8/c1-10(17(29)21-9-16(27)28)22-19(31)14(6-7-15(25)26)23-18(30)13(20)8-11-2-4-12(24)5-3-11/h2-5,10,13-14,24H,6-9,20H2,1H3,(H,21,29)(H,22,31)(H,23,30)(H,25,26)(H,27,28). The van der Waals surface area contributed by atoms with Crippen LogP contribution >= 0.6 is 0 Å². The molecule has 31 heavy (non-hydrogen) atoms. The second kappa shape index (κ2) is 12.1. The van der Waals surface area contributed by atoms with Gasteiger partial charge in [-0.2, -0.15) is 0 Å². The van der Waals surface area contributed by atoms with Crippen molar-refractivity contribution >= 4 is 29.7 Å². The normalized spacial score (nSPS) is 13.4. The van der Waals surface area contributed by atoms with Gasteiger partial charge in [-0.05, 0) is 37.5 Å². The molecule has 3 unspecified atom stereocenters. The Balaban J connectivity index is 2.75. The Morgan fingerprint density at radius 3 is 2.10 bits per heavy atom. The van der Waals surface area contributed by atoms with Crippen molar-refractivity contribution < 1.29 is 39.3 Å². The SMILES string of the molecule is CC(NC(=O)C(CCC(=O)O)NC(=O)C(N)Cc1ccc(O)cc1)C(=O)NCC(=O)O. The fourth-order valence-electron chi connectivity index (χ4n) is 2.49. The van der Waals surface area contributed by atoms with Crippen molar-refractivity contribution in [3.8, 4) is 5.75 Å². The number of phenols is 1. The number of nitrogens with two attached hydrogens (primary N) is 1. The Morgan fingerprint density at radius 2 is 1.55 bits per heavy atom. The average Bonchev–Trinajstić information content (AvgIpc) is 2.70. The molecule has 0 aromatic heterocycles. The third kappa shape index (κ3) is 9.58. The van der Waals surface area contributed by atoms with Crippen LogP contribution in [0.5, 0.6) is 5.75 Å². The molecule has 3 atom stereocenters. The van der Waals surface area contributed by atoms with Gasteiger partial charge in [-0.15, -0.1) is 0 Å². The van der Waals surface area contributed by atoms with Gasteiger partial charge in [0.05, 0.1) is 6.04 Å². The predicted molar refractivity (Wildman–Crippen MR) is 107 cm³/mol. The summed E-state index contributed by atoms with van der Waals surface area (Å²) >= 11 is 0. The number of aliphatic carboxylic acids is 2. The number of carbonyl (C=O) groups is 5. The summed E-state index contributed by atoms with van der Waals surface area (Å²) < 4.78 is 0. The molecule has 0 saturated carbocycles. The molecule has 0 spiro atoms. The van der Waals surface area contributed by atoms with Crippen LogP contribution in [0.2, 0.25) is 0 Å². The van der Waals surface area contributed by atoms with E-state index in [-0.39, 0.29) is 18.6 Å². The van der Waals surface area contributed by atoms with Crippen LogP contribution in [0, 0.1) is 0 Å². The highest BCUT2D eigenvalue weighted by molar-refractivity contribution is 5.93. The molecule has 0 aliphatic rings. The first kappa shape index (κ1) is 25.4. The number of phenolic OH excluding ortho intramolecular Hbond substituents is 1. The van der Waals surface area contributed by atoms with Crippen molar-refractivity contribution in [1.29, 1.82) is 0 Å². The Kier molecular flexibility index (Phi) is 9.92. The van der Waals surface area contributed by atoms with Gasteiger partial charge >= 0.3 is 11.9 Å². The summed E-state index contributed by atoms with van der Waals surface area (Å²) in [5.74, 6) is -4.68. The van der Waals surface area contributed by atoms with Gasteiger partial charge in [0.25, 0.3) is 0 Å². The topological polar surface area (TPSA) is 208 Å². The number of carboxylic acid groups (broad SMARTS) is 2. The van der Waals surface area contributed by atoms with Gasteiger partial charge in [-0.25, -0.2) is 0 Å². The van der Waals surface area contributed by atoms with Gasteiger partial charge in [0.15, 0.2) is 0 Å². The molecule has 12 nitrogen and oxygen atoms in total. The molecule has 1 aromatic carbocycles. The van der Waals surface area contributed by atoms with Crippen molar-refractivity contribution in [2.75, 3.05) is 6.54 Å². The number of aromatic hydroxyl groups is 1. The van der Waals surface area contributed by atoms with Gasteiger partial charge in [-0.1, -0.05) is 12.1 Å². The quantitative estimate of drug-likeness (QED) is 0.198. The largest absolute Gasteiger partial charge is 0.508 e. The lowest BCUT2D eigenvalue weighted by molar-refractivity contribution is -0.138. The number of hydrogen-bond donors (Lipinski definition) is 7. The first-order valence-electron chi connectivity index (χ1n) is 9.35. The summed E-state index contributed by atoms with van der Waals surface area (Å²) in [6.07, 6.45) is -0.569. The average molecular weight is 438 g/mol. The maximum Gasteiger partial charge on any atom is 0.322 e. The van der Waals surface area contributed by atoms with Crippen LogP contribution in [0.4, 0.5) is 0 Å². The van der Waals surface area contributed by atoms with Crippen LogP contribution in [-0.2, 0) is 30.4 Å². The second-order valence-corrected chi connectivity index (χ2v) is 6.81. The molecule has 0 saturated heterocycles. The van der Waals surface area contributed by atoms with E-state index in [1.807, 2.05) is 0 Å².